The second kappa shape index (κ2) is 4.72. The summed E-state index contributed by atoms with van der Waals surface area (Å²) >= 11 is 0. The smallest absolute Gasteiger partial charge is 0.313 e. The van der Waals surface area contributed by atoms with Gasteiger partial charge < -0.3 is 15.2 Å². The average Bonchev–Trinajstić information content (AvgIpc) is 2.81. The van der Waals surface area contributed by atoms with Crippen molar-refractivity contribution in [2.24, 2.45) is 5.41 Å². The molecule has 1 aromatic heterocycles. The molecule has 20 heavy (non-hydrogen) atoms. The summed E-state index contributed by atoms with van der Waals surface area (Å²) in [5.41, 5.74) is 0.628. The number of carboxylic acid groups (broad SMARTS) is 1. The Kier molecular flexibility index (Phi) is 3.02. The van der Waals surface area contributed by atoms with E-state index in [1.54, 1.807) is 13.1 Å². The van der Waals surface area contributed by atoms with Crippen molar-refractivity contribution in [3.8, 4) is 0 Å². The van der Waals surface area contributed by atoms with E-state index in [1.165, 1.54) is 0 Å². The summed E-state index contributed by atoms with van der Waals surface area (Å²) in [6, 6.07) is 7.22. The normalized spacial score (nSPS) is 25.8. The molecule has 0 amide bonds. The van der Waals surface area contributed by atoms with Gasteiger partial charge in [-0.05, 0) is 19.1 Å². The van der Waals surface area contributed by atoms with Crippen LogP contribution < -0.4 is 5.32 Å². The van der Waals surface area contributed by atoms with Gasteiger partial charge in [0.05, 0.1) is 36.5 Å². The summed E-state index contributed by atoms with van der Waals surface area (Å²) in [5, 5.41) is 12.5. The summed E-state index contributed by atoms with van der Waals surface area (Å²) in [6.07, 6.45) is 1.61. The van der Waals surface area contributed by atoms with E-state index in [0.717, 1.165) is 11.0 Å². The molecule has 0 bridgehead atoms. The van der Waals surface area contributed by atoms with Crippen molar-refractivity contribution in [1.82, 2.24) is 9.97 Å². The van der Waals surface area contributed by atoms with E-state index in [4.69, 9.17) is 4.74 Å². The van der Waals surface area contributed by atoms with Crippen molar-refractivity contribution in [3.63, 3.8) is 0 Å². The summed E-state index contributed by atoms with van der Waals surface area (Å²) in [7, 11) is 0. The minimum atomic E-state index is -0.951. The molecule has 3 rings (SSSR count). The molecular weight excluding hydrogens is 258 g/mol. The first-order valence-electron chi connectivity index (χ1n) is 6.39. The number of ether oxygens (including phenoxy) is 1. The number of aliphatic carboxylic acids is 1. The standard InChI is InChI=1S/C14H15N3O3/c1-14(13(18)19)8-20-7-11(14)17-12-6-15-9-4-2-3-5-10(9)16-12/h2-6,11H,7-8H2,1H3,(H,16,17)(H,18,19). The SMILES string of the molecule is CC1(C(=O)O)COCC1Nc1cnc2ccccc2n1. The Balaban J connectivity index is 1.87. The maximum atomic E-state index is 11.4. The second-order valence-electron chi connectivity index (χ2n) is 5.18. The van der Waals surface area contributed by atoms with Crippen LogP contribution in [0.1, 0.15) is 6.92 Å². The lowest BCUT2D eigenvalue weighted by Gasteiger charge is -2.25. The van der Waals surface area contributed by atoms with E-state index >= 15 is 0 Å². The van der Waals surface area contributed by atoms with Gasteiger partial charge in [-0.15, -0.1) is 0 Å². The highest BCUT2D eigenvalue weighted by atomic mass is 16.5. The lowest BCUT2D eigenvalue weighted by molar-refractivity contribution is -0.148. The highest BCUT2D eigenvalue weighted by Gasteiger charge is 2.46. The number of carboxylic acids is 1. The van der Waals surface area contributed by atoms with E-state index in [2.05, 4.69) is 15.3 Å². The minimum absolute atomic E-state index is 0.195. The predicted octanol–water partition coefficient (Wildman–Crippen LogP) is 1.53. The highest BCUT2D eigenvalue weighted by Crippen LogP contribution is 2.31. The highest BCUT2D eigenvalue weighted by molar-refractivity contribution is 5.77. The second-order valence-corrected chi connectivity index (χ2v) is 5.18. The summed E-state index contributed by atoms with van der Waals surface area (Å²) in [4.78, 5) is 20.1. The van der Waals surface area contributed by atoms with Crippen LogP contribution in [0.5, 0.6) is 0 Å². The summed E-state index contributed by atoms with van der Waals surface area (Å²) < 4.78 is 5.30. The van der Waals surface area contributed by atoms with Gasteiger partial charge in [0, 0.05) is 0 Å². The van der Waals surface area contributed by atoms with Crippen LogP contribution in [0, 0.1) is 5.41 Å². The van der Waals surface area contributed by atoms with E-state index in [-0.39, 0.29) is 12.6 Å². The maximum absolute atomic E-state index is 11.4. The van der Waals surface area contributed by atoms with Crippen molar-refractivity contribution in [2.45, 2.75) is 13.0 Å². The molecule has 2 N–H and O–H groups in total. The quantitative estimate of drug-likeness (QED) is 0.882. The number of benzene rings is 1. The number of anilines is 1. The minimum Gasteiger partial charge on any atom is -0.481 e. The van der Waals surface area contributed by atoms with E-state index in [9.17, 15) is 9.90 Å². The number of nitrogens with one attached hydrogen (secondary N) is 1. The van der Waals surface area contributed by atoms with Crippen molar-refractivity contribution < 1.29 is 14.6 Å². The first-order chi connectivity index (χ1) is 9.59. The number of fused-ring (bicyclic) bond motifs is 1. The Morgan fingerprint density at radius 1 is 1.45 bits per heavy atom. The third kappa shape index (κ3) is 2.08. The topological polar surface area (TPSA) is 84.3 Å². The van der Waals surface area contributed by atoms with Crippen LogP contribution in [0.4, 0.5) is 5.82 Å². The Labute approximate surface area is 115 Å². The fraction of sp³-hybridized carbons (Fsp3) is 0.357. The molecule has 1 aliphatic rings. The third-order valence-corrected chi connectivity index (χ3v) is 3.71. The van der Waals surface area contributed by atoms with Gasteiger partial charge in [-0.2, -0.15) is 0 Å². The molecule has 0 saturated carbocycles. The molecule has 104 valence electrons. The van der Waals surface area contributed by atoms with E-state index < -0.39 is 11.4 Å². The number of hydrogen-bond acceptors (Lipinski definition) is 5. The van der Waals surface area contributed by atoms with E-state index in [1.807, 2.05) is 24.3 Å². The van der Waals surface area contributed by atoms with Crippen molar-refractivity contribution in [2.75, 3.05) is 18.5 Å². The summed E-state index contributed by atoms with van der Waals surface area (Å²) in [5.74, 6) is -0.312. The molecule has 2 atom stereocenters. The van der Waals surface area contributed by atoms with Gasteiger partial charge >= 0.3 is 5.97 Å². The fourth-order valence-corrected chi connectivity index (χ4v) is 2.29. The maximum Gasteiger partial charge on any atom is 0.313 e. The predicted molar refractivity (Wildman–Crippen MR) is 73.5 cm³/mol. The Morgan fingerprint density at radius 2 is 2.20 bits per heavy atom. The number of rotatable bonds is 3. The Hall–Kier alpha value is -2.21. The van der Waals surface area contributed by atoms with Crippen LogP contribution in [-0.4, -0.2) is 40.3 Å². The van der Waals surface area contributed by atoms with Gasteiger partial charge in [-0.25, -0.2) is 4.98 Å². The zero-order valence-electron chi connectivity index (χ0n) is 11.0. The Bertz CT molecular complexity index is 661. The monoisotopic (exact) mass is 273 g/mol. The molecule has 0 radical (unpaired) electrons. The molecular formula is C14H15N3O3. The number of hydrogen-bond donors (Lipinski definition) is 2. The zero-order valence-corrected chi connectivity index (χ0v) is 11.0. The number of para-hydroxylation sites is 2. The van der Waals surface area contributed by atoms with Gasteiger partial charge in [0.1, 0.15) is 11.2 Å². The first-order valence-corrected chi connectivity index (χ1v) is 6.39. The number of aromatic nitrogens is 2. The van der Waals surface area contributed by atoms with Gasteiger partial charge in [-0.3, -0.25) is 9.78 Å². The fourth-order valence-electron chi connectivity index (χ4n) is 2.29. The van der Waals surface area contributed by atoms with Gasteiger partial charge in [0.2, 0.25) is 0 Å². The van der Waals surface area contributed by atoms with Crippen molar-refractivity contribution >= 4 is 22.8 Å². The van der Waals surface area contributed by atoms with E-state index in [0.29, 0.717) is 12.4 Å². The van der Waals surface area contributed by atoms with Gasteiger partial charge in [0.25, 0.3) is 0 Å². The molecule has 6 nitrogen and oxygen atoms in total. The largest absolute Gasteiger partial charge is 0.481 e. The molecule has 0 spiro atoms. The van der Waals surface area contributed by atoms with Gasteiger partial charge in [-0.1, -0.05) is 12.1 Å². The molecule has 0 aliphatic carbocycles. The lowest BCUT2D eigenvalue weighted by atomic mass is 9.85. The molecule has 2 aromatic rings. The van der Waals surface area contributed by atoms with Crippen LogP contribution >= 0.6 is 0 Å². The Morgan fingerprint density at radius 3 is 2.95 bits per heavy atom. The van der Waals surface area contributed by atoms with Crippen LogP contribution in [0.25, 0.3) is 11.0 Å². The molecule has 1 aromatic carbocycles. The lowest BCUT2D eigenvalue weighted by Crippen LogP contribution is -2.43. The van der Waals surface area contributed by atoms with Crippen LogP contribution in [0.2, 0.25) is 0 Å². The average molecular weight is 273 g/mol. The zero-order chi connectivity index (χ0) is 14.2. The van der Waals surface area contributed by atoms with Gasteiger partial charge in [0.15, 0.2) is 0 Å². The molecule has 1 saturated heterocycles. The summed E-state index contributed by atoms with van der Waals surface area (Å²) in [6.45, 7) is 2.22. The number of nitrogens with zero attached hydrogens (tertiary/aromatic N) is 2. The molecule has 2 heterocycles. The molecule has 2 unspecified atom stereocenters. The van der Waals surface area contributed by atoms with Crippen molar-refractivity contribution in [3.05, 3.63) is 30.5 Å². The van der Waals surface area contributed by atoms with Crippen LogP contribution in [-0.2, 0) is 9.53 Å². The molecule has 1 fully saturated rings. The van der Waals surface area contributed by atoms with Crippen LogP contribution in [0.15, 0.2) is 30.5 Å². The van der Waals surface area contributed by atoms with Crippen LogP contribution in [0.3, 0.4) is 0 Å². The first kappa shape index (κ1) is 12.8. The number of carbonyl (C=O) groups is 1. The molecule has 1 aliphatic heterocycles. The van der Waals surface area contributed by atoms with Crippen molar-refractivity contribution in [1.29, 1.82) is 0 Å². The third-order valence-electron chi connectivity index (χ3n) is 3.71. The molecule has 6 heteroatoms.